The van der Waals surface area contributed by atoms with E-state index >= 15 is 0 Å². The molecule has 0 aromatic carbocycles. The van der Waals surface area contributed by atoms with Crippen LogP contribution in [0.25, 0.3) is 11.3 Å². The standard InChI is InChI=1S/C23H34N6/c1-16-21(15-28(2)27-16)22-8-9-23(26-25-22)24-20-10-18-13-29(14-19(18)11-20)12-17-6-4-3-5-7-17/h8-9,15,17-20H,3-7,10-14H2,1-2H3,(H,24,26)/t18-,19+,20+. The fourth-order valence-electron chi connectivity index (χ4n) is 6.01. The van der Waals surface area contributed by atoms with E-state index in [4.69, 9.17) is 0 Å². The number of hydrogen-bond acceptors (Lipinski definition) is 5. The number of aromatic nitrogens is 4. The van der Waals surface area contributed by atoms with Crippen LogP contribution < -0.4 is 5.32 Å². The normalized spacial score (nSPS) is 28.0. The molecule has 2 aromatic heterocycles. The lowest BCUT2D eigenvalue weighted by atomic mass is 9.89. The first-order valence-electron chi connectivity index (χ1n) is 11.5. The highest BCUT2D eigenvalue weighted by molar-refractivity contribution is 5.61. The summed E-state index contributed by atoms with van der Waals surface area (Å²) in [5, 5.41) is 16.9. The minimum atomic E-state index is 0.544. The molecule has 29 heavy (non-hydrogen) atoms. The Hall–Kier alpha value is -1.95. The van der Waals surface area contributed by atoms with Crippen LogP contribution >= 0.6 is 0 Å². The molecule has 1 saturated heterocycles. The van der Waals surface area contributed by atoms with Crippen LogP contribution in [0.1, 0.15) is 50.6 Å². The van der Waals surface area contributed by atoms with Gasteiger partial charge in [0.05, 0.1) is 11.4 Å². The summed E-state index contributed by atoms with van der Waals surface area (Å²) in [7, 11) is 1.94. The highest BCUT2D eigenvalue weighted by atomic mass is 15.3. The van der Waals surface area contributed by atoms with Gasteiger partial charge < -0.3 is 10.2 Å². The summed E-state index contributed by atoms with van der Waals surface area (Å²) in [5.41, 5.74) is 2.94. The Morgan fingerprint density at radius 3 is 2.41 bits per heavy atom. The fourth-order valence-corrected chi connectivity index (χ4v) is 6.01. The summed E-state index contributed by atoms with van der Waals surface area (Å²) in [6.45, 7) is 5.98. The van der Waals surface area contributed by atoms with Crippen molar-refractivity contribution in [2.24, 2.45) is 24.8 Å². The molecule has 1 aliphatic heterocycles. The third kappa shape index (κ3) is 4.18. The maximum atomic E-state index is 4.45. The van der Waals surface area contributed by atoms with Crippen molar-refractivity contribution in [2.45, 2.75) is 57.9 Å². The third-order valence-electron chi connectivity index (χ3n) is 7.37. The Balaban J connectivity index is 1.13. The monoisotopic (exact) mass is 394 g/mol. The van der Waals surface area contributed by atoms with Crippen molar-refractivity contribution in [3.8, 4) is 11.3 Å². The van der Waals surface area contributed by atoms with Crippen molar-refractivity contribution in [2.75, 3.05) is 25.0 Å². The third-order valence-corrected chi connectivity index (χ3v) is 7.37. The van der Waals surface area contributed by atoms with Gasteiger partial charge in [0.2, 0.25) is 0 Å². The molecule has 0 spiro atoms. The lowest BCUT2D eigenvalue weighted by Crippen LogP contribution is -2.30. The number of hydrogen-bond donors (Lipinski definition) is 1. The van der Waals surface area contributed by atoms with Gasteiger partial charge in [-0.2, -0.15) is 5.10 Å². The Kier molecular flexibility index (Phi) is 5.29. The van der Waals surface area contributed by atoms with E-state index in [9.17, 15) is 0 Å². The number of fused-ring (bicyclic) bond motifs is 1. The molecule has 0 radical (unpaired) electrons. The Labute approximate surface area is 174 Å². The van der Waals surface area contributed by atoms with Gasteiger partial charge >= 0.3 is 0 Å². The van der Waals surface area contributed by atoms with E-state index in [1.54, 1.807) is 0 Å². The molecule has 156 valence electrons. The van der Waals surface area contributed by atoms with Crippen LogP contribution in [-0.2, 0) is 7.05 Å². The van der Waals surface area contributed by atoms with Gasteiger partial charge in [0.25, 0.3) is 0 Å². The van der Waals surface area contributed by atoms with Gasteiger partial charge in [-0.05, 0) is 62.5 Å². The van der Waals surface area contributed by atoms with Crippen molar-refractivity contribution in [1.82, 2.24) is 24.9 Å². The van der Waals surface area contributed by atoms with Gasteiger partial charge in [-0.25, -0.2) is 0 Å². The average Bonchev–Trinajstić information content (AvgIpc) is 3.36. The van der Waals surface area contributed by atoms with Crippen LogP contribution in [0.5, 0.6) is 0 Å². The van der Waals surface area contributed by atoms with Crippen molar-refractivity contribution in [3.63, 3.8) is 0 Å². The molecule has 1 N–H and O–H groups in total. The summed E-state index contributed by atoms with van der Waals surface area (Å²) in [5.74, 6) is 3.59. The molecule has 0 amide bonds. The van der Waals surface area contributed by atoms with Crippen LogP contribution in [0, 0.1) is 24.7 Å². The van der Waals surface area contributed by atoms with Gasteiger partial charge in [-0.1, -0.05) is 19.3 Å². The van der Waals surface area contributed by atoms with E-state index in [0.717, 1.165) is 40.5 Å². The lowest BCUT2D eigenvalue weighted by Gasteiger charge is -2.27. The van der Waals surface area contributed by atoms with Gasteiger partial charge in [0.1, 0.15) is 5.82 Å². The summed E-state index contributed by atoms with van der Waals surface area (Å²) in [6.07, 6.45) is 11.8. The summed E-state index contributed by atoms with van der Waals surface area (Å²) in [6, 6.07) is 4.67. The van der Waals surface area contributed by atoms with Crippen LogP contribution in [0.3, 0.4) is 0 Å². The number of nitrogens with zero attached hydrogens (tertiary/aromatic N) is 5. The average molecular weight is 395 g/mol. The zero-order chi connectivity index (χ0) is 19.8. The second-order valence-electron chi connectivity index (χ2n) is 9.66. The number of aryl methyl sites for hydroxylation is 2. The second kappa shape index (κ2) is 8.05. The maximum Gasteiger partial charge on any atom is 0.148 e. The first-order chi connectivity index (χ1) is 14.1. The van der Waals surface area contributed by atoms with Crippen LogP contribution in [0.15, 0.2) is 18.3 Å². The maximum absolute atomic E-state index is 4.45. The first-order valence-corrected chi connectivity index (χ1v) is 11.5. The molecule has 2 saturated carbocycles. The van der Waals surface area contributed by atoms with E-state index in [1.807, 2.05) is 24.9 Å². The molecular weight excluding hydrogens is 360 g/mol. The molecule has 6 nitrogen and oxygen atoms in total. The van der Waals surface area contributed by atoms with Crippen molar-refractivity contribution in [3.05, 3.63) is 24.0 Å². The Morgan fingerprint density at radius 2 is 1.79 bits per heavy atom. The minimum absolute atomic E-state index is 0.544. The van der Waals surface area contributed by atoms with Crippen molar-refractivity contribution < 1.29 is 0 Å². The molecule has 5 rings (SSSR count). The number of likely N-dealkylation sites (tertiary alicyclic amines) is 1. The molecule has 3 heterocycles. The Bertz CT molecular complexity index is 808. The molecule has 2 aliphatic carbocycles. The Morgan fingerprint density at radius 1 is 1.03 bits per heavy atom. The molecule has 0 unspecified atom stereocenters. The SMILES string of the molecule is Cc1nn(C)cc1-c1ccc(N[C@H]2C[C@@H]3CN(CC4CCCCC4)C[C@@H]3C2)nn1. The van der Waals surface area contributed by atoms with Gasteiger partial charge in [-0.15, -0.1) is 10.2 Å². The van der Waals surface area contributed by atoms with Crippen LogP contribution in [0.2, 0.25) is 0 Å². The van der Waals surface area contributed by atoms with Gasteiger partial charge in [-0.3, -0.25) is 4.68 Å². The van der Waals surface area contributed by atoms with Crippen molar-refractivity contribution >= 4 is 5.82 Å². The quantitative estimate of drug-likeness (QED) is 0.834. The summed E-state index contributed by atoms with van der Waals surface area (Å²) >= 11 is 0. The highest BCUT2D eigenvalue weighted by Crippen LogP contribution is 2.40. The zero-order valence-electron chi connectivity index (χ0n) is 17.8. The molecule has 0 bridgehead atoms. The predicted octanol–water partition coefficient (Wildman–Crippen LogP) is 3.89. The topological polar surface area (TPSA) is 58.9 Å². The zero-order valence-corrected chi connectivity index (χ0v) is 17.8. The number of rotatable bonds is 5. The van der Waals surface area contributed by atoms with E-state index in [1.165, 1.54) is 64.6 Å². The number of nitrogens with one attached hydrogen (secondary N) is 1. The fraction of sp³-hybridized carbons (Fsp3) is 0.696. The van der Waals surface area contributed by atoms with E-state index < -0.39 is 0 Å². The van der Waals surface area contributed by atoms with Gasteiger partial charge in [0.15, 0.2) is 0 Å². The van der Waals surface area contributed by atoms with Gasteiger partial charge in [0, 0.05) is 44.5 Å². The predicted molar refractivity (Wildman–Crippen MR) is 116 cm³/mol. The minimum Gasteiger partial charge on any atom is -0.366 e. The molecule has 2 aromatic rings. The lowest BCUT2D eigenvalue weighted by molar-refractivity contribution is 0.221. The van der Waals surface area contributed by atoms with Crippen LogP contribution in [0.4, 0.5) is 5.82 Å². The summed E-state index contributed by atoms with van der Waals surface area (Å²) in [4.78, 5) is 2.77. The molecule has 6 heteroatoms. The first kappa shape index (κ1) is 19.0. The van der Waals surface area contributed by atoms with E-state index in [2.05, 4.69) is 37.6 Å². The van der Waals surface area contributed by atoms with Crippen molar-refractivity contribution in [1.29, 1.82) is 0 Å². The number of anilines is 1. The second-order valence-corrected chi connectivity index (χ2v) is 9.66. The molecule has 3 aliphatic rings. The van der Waals surface area contributed by atoms with E-state index in [0.29, 0.717) is 6.04 Å². The molecular formula is C23H34N6. The molecule has 3 fully saturated rings. The largest absolute Gasteiger partial charge is 0.366 e. The summed E-state index contributed by atoms with van der Waals surface area (Å²) < 4.78 is 1.83. The molecule has 3 atom stereocenters. The highest BCUT2D eigenvalue weighted by Gasteiger charge is 2.41. The van der Waals surface area contributed by atoms with Crippen LogP contribution in [-0.4, -0.2) is 50.6 Å². The van der Waals surface area contributed by atoms with E-state index in [-0.39, 0.29) is 0 Å². The smallest absolute Gasteiger partial charge is 0.148 e.